The summed E-state index contributed by atoms with van der Waals surface area (Å²) in [6.07, 6.45) is 0.861. The maximum absolute atomic E-state index is 9.68. The quantitative estimate of drug-likeness (QED) is 0.873. The monoisotopic (exact) mass is 326 g/mol. The molecule has 0 radical (unpaired) electrons. The van der Waals surface area contributed by atoms with Gasteiger partial charge in [-0.1, -0.05) is 13.0 Å². The number of anilines is 1. The van der Waals surface area contributed by atoms with Crippen LogP contribution in [0.3, 0.4) is 0 Å². The highest BCUT2D eigenvalue weighted by atomic mass is 79.9. The lowest BCUT2D eigenvalue weighted by Gasteiger charge is -2.21. The highest BCUT2D eigenvalue weighted by molar-refractivity contribution is 9.10. The number of nitrogens with one attached hydrogen (secondary N) is 1. The fourth-order valence-electron chi connectivity index (χ4n) is 2.59. The van der Waals surface area contributed by atoms with Gasteiger partial charge in [0.15, 0.2) is 0 Å². The second-order valence-corrected chi connectivity index (χ2v) is 6.16. The third-order valence-electron chi connectivity index (χ3n) is 3.84. The molecule has 2 atom stereocenters. The molecule has 1 heterocycles. The molecule has 1 fully saturated rings. The molecule has 2 N–H and O–H groups in total. The molecule has 106 valence electrons. The van der Waals surface area contributed by atoms with Crippen molar-refractivity contribution in [3.8, 4) is 0 Å². The van der Waals surface area contributed by atoms with E-state index >= 15 is 0 Å². The van der Waals surface area contributed by atoms with E-state index in [0.717, 1.165) is 37.1 Å². The minimum Gasteiger partial charge on any atom is -0.393 e. The first kappa shape index (κ1) is 14.8. The Balaban J connectivity index is 2.05. The normalized spacial score (nSPS) is 20.8. The van der Waals surface area contributed by atoms with Gasteiger partial charge in [0.25, 0.3) is 0 Å². The summed E-state index contributed by atoms with van der Waals surface area (Å²) in [6.45, 7) is 7.88. The highest BCUT2D eigenvalue weighted by Crippen LogP contribution is 2.32. The Morgan fingerprint density at radius 1 is 1.53 bits per heavy atom. The van der Waals surface area contributed by atoms with Gasteiger partial charge in [-0.05, 0) is 53.5 Å². The average molecular weight is 327 g/mol. The Labute approximate surface area is 124 Å². The van der Waals surface area contributed by atoms with E-state index in [-0.39, 0.29) is 6.10 Å². The Bertz CT molecular complexity index is 423. The Morgan fingerprint density at radius 2 is 2.32 bits per heavy atom. The van der Waals surface area contributed by atoms with Crippen LogP contribution >= 0.6 is 15.9 Å². The van der Waals surface area contributed by atoms with Crippen LogP contribution in [0.5, 0.6) is 0 Å². The van der Waals surface area contributed by atoms with Crippen LogP contribution in [0, 0.1) is 5.92 Å². The van der Waals surface area contributed by atoms with Crippen molar-refractivity contribution in [1.29, 1.82) is 0 Å². The van der Waals surface area contributed by atoms with Crippen LogP contribution in [-0.2, 0) is 6.54 Å². The van der Waals surface area contributed by atoms with Crippen molar-refractivity contribution in [2.45, 2.75) is 32.9 Å². The molecular formula is C15H23BrN2O. The zero-order valence-electron chi connectivity index (χ0n) is 11.7. The third-order valence-corrected chi connectivity index (χ3v) is 4.47. The Morgan fingerprint density at radius 3 is 2.89 bits per heavy atom. The fraction of sp³-hybridized carbons (Fsp3) is 0.600. The standard InChI is InChI=1S/C15H23BrN2O/c1-3-17-9-12-4-5-15(14(16)8-12)18-7-6-13(10-18)11(2)19/h4-5,8,11,13,17,19H,3,6-7,9-10H2,1-2H3. The zero-order chi connectivity index (χ0) is 13.8. The molecule has 2 rings (SSSR count). The van der Waals surface area contributed by atoms with Crippen molar-refractivity contribution in [2.75, 3.05) is 24.5 Å². The van der Waals surface area contributed by atoms with Crippen molar-refractivity contribution in [3.63, 3.8) is 0 Å². The van der Waals surface area contributed by atoms with Gasteiger partial charge in [-0.3, -0.25) is 0 Å². The topological polar surface area (TPSA) is 35.5 Å². The zero-order valence-corrected chi connectivity index (χ0v) is 13.3. The molecule has 0 spiro atoms. The van der Waals surface area contributed by atoms with E-state index < -0.39 is 0 Å². The molecule has 19 heavy (non-hydrogen) atoms. The average Bonchev–Trinajstić information content (AvgIpc) is 2.86. The first-order valence-electron chi connectivity index (χ1n) is 7.04. The molecule has 3 nitrogen and oxygen atoms in total. The molecule has 2 unspecified atom stereocenters. The minimum absolute atomic E-state index is 0.211. The smallest absolute Gasteiger partial charge is 0.0557 e. The predicted octanol–water partition coefficient (Wildman–Crippen LogP) is 2.77. The van der Waals surface area contributed by atoms with Gasteiger partial charge in [-0.2, -0.15) is 0 Å². The summed E-state index contributed by atoms with van der Waals surface area (Å²) in [4.78, 5) is 2.36. The van der Waals surface area contributed by atoms with Crippen molar-refractivity contribution in [2.24, 2.45) is 5.92 Å². The van der Waals surface area contributed by atoms with Gasteiger partial charge in [0.05, 0.1) is 11.8 Å². The predicted molar refractivity (Wildman–Crippen MR) is 83.5 cm³/mol. The number of aliphatic hydroxyl groups is 1. The molecule has 0 bridgehead atoms. The third kappa shape index (κ3) is 3.71. The van der Waals surface area contributed by atoms with Crippen LogP contribution in [0.2, 0.25) is 0 Å². The van der Waals surface area contributed by atoms with E-state index in [9.17, 15) is 5.11 Å². The second kappa shape index (κ2) is 6.73. The summed E-state index contributed by atoms with van der Waals surface area (Å²) in [5.41, 5.74) is 2.53. The SMILES string of the molecule is CCNCc1ccc(N2CCC(C(C)O)C2)c(Br)c1. The number of hydrogen-bond donors (Lipinski definition) is 2. The van der Waals surface area contributed by atoms with Crippen LogP contribution in [0.15, 0.2) is 22.7 Å². The highest BCUT2D eigenvalue weighted by Gasteiger charge is 2.26. The molecule has 0 amide bonds. The first-order chi connectivity index (χ1) is 9.11. The molecule has 0 aromatic heterocycles. The summed E-state index contributed by atoms with van der Waals surface area (Å²) in [5, 5.41) is 13.0. The van der Waals surface area contributed by atoms with Crippen LogP contribution in [0.1, 0.15) is 25.8 Å². The number of aliphatic hydroxyl groups excluding tert-OH is 1. The summed E-state index contributed by atoms with van der Waals surface area (Å²) in [7, 11) is 0. The number of halogens is 1. The summed E-state index contributed by atoms with van der Waals surface area (Å²) < 4.78 is 1.15. The summed E-state index contributed by atoms with van der Waals surface area (Å²) in [5.74, 6) is 0.397. The molecule has 1 aliphatic rings. The van der Waals surface area contributed by atoms with Crippen molar-refractivity contribution in [1.82, 2.24) is 5.32 Å². The molecular weight excluding hydrogens is 304 g/mol. The number of hydrogen-bond acceptors (Lipinski definition) is 3. The van der Waals surface area contributed by atoms with Gasteiger partial charge in [-0.15, -0.1) is 0 Å². The molecule has 0 saturated carbocycles. The van der Waals surface area contributed by atoms with E-state index in [1.54, 1.807) is 0 Å². The van der Waals surface area contributed by atoms with E-state index in [4.69, 9.17) is 0 Å². The second-order valence-electron chi connectivity index (χ2n) is 5.30. The molecule has 0 aliphatic carbocycles. The number of rotatable bonds is 5. The maximum atomic E-state index is 9.68. The first-order valence-corrected chi connectivity index (χ1v) is 7.83. The van der Waals surface area contributed by atoms with Crippen molar-refractivity contribution < 1.29 is 5.11 Å². The largest absolute Gasteiger partial charge is 0.393 e. The molecule has 1 aliphatic heterocycles. The van der Waals surface area contributed by atoms with Crippen LogP contribution < -0.4 is 10.2 Å². The Kier molecular flexibility index (Phi) is 5.25. The summed E-state index contributed by atoms with van der Waals surface area (Å²) >= 11 is 3.67. The lowest BCUT2D eigenvalue weighted by Crippen LogP contribution is -2.24. The summed E-state index contributed by atoms with van der Waals surface area (Å²) in [6, 6.07) is 6.55. The van der Waals surface area contributed by atoms with E-state index in [1.807, 2.05) is 6.92 Å². The van der Waals surface area contributed by atoms with Crippen LogP contribution in [0.4, 0.5) is 5.69 Å². The van der Waals surface area contributed by atoms with Crippen LogP contribution in [0.25, 0.3) is 0 Å². The van der Waals surface area contributed by atoms with Gasteiger partial charge < -0.3 is 15.3 Å². The fourth-order valence-corrected chi connectivity index (χ4v) is 3.26. The van der Waals surface area contributed by atoms with Crippen molar-refractivity contribution >= 4 is 21.6 Å². The van der Waals surface area contributed by atoms with E-state index in [0.29, 0.717) is 5.92 Å². The lowest BCUT2D eigenvalue weighted by atomic mass is 10.0. The molecule has 1 aromatic rings. The van der Waals surface area contributed by atoms with E-state index in [2.05, 4.69) is 51.3 Å². The van der Waals surface area contributed by atoms with Gasteiger partial charge in [-0.25, -0.2) is 0 Å². The molecule has 4 heteroatoms. The van der Waals surface area contributed by atoms with E-state index in [1.165, 1.54) is 11.3 Å². The van der Waals surface area contributed by atoms with Crippen LogP contribution in [-0.4, -0.2) is 30.8 Å². The number of benzene rings is 1. The van der Waals surface area contributed by atoms with Gasteiger partial charge >= 0.3 is 0 Å². The van der Waals surface area contributed by atoms with Gasteiger partial charge in [0.2, 0.25) is 0 Å². The van der Waals surface area contributed by atoms with Gasteiger partial charge in [0, 0.05) is 30.0 Å². The lowest BCUT2D eigenvalue weighted by molar-refractivity contribution is 0.136. The molecule has 1 saturated heterocycles. The van der Waals surface area contributed by atoms with Gasteiger partial charge in [0.1, 0.15) is 0 Å². The minimum atomic E-state index is -0.211. The number of nitrogens with zero attached hydrogens (tertiary/aromatic N) is 1. The molecule has 1 aromatic carbocycles. The Hall–Kier alpha value is -0.580. The van der Waals surface area contributed by atoms with Crippen molar-refractivity contribution in [3.05, 3.63) is 28.2 Å². The maximum Gasteiger partial charge on any atom is 0.0557 e.